The number of ether oxygens (including phenoxy) is 2. The zero-order chi connectivity index (χ0) is 19.9. The van der Waals surface area contributed by atoms with Crippen LogP contribution in [0.2, 0.25) is 0 Å². The molecule has 1 aliphatic rings. The van der Waals surface area contributed by atoms with E-state index in [1.807, 2.05) is 18.2 Å². The van der Waals surface area contributed by atoms with Crippen molar-refractivity contribution in [2.75, 3.05) is 33.4 Å². The number of hydrazone groups is 1. The maximum absolute atomic E-state index is 12.1. The van der Waals surface area contributed by atoms with Gasteiger partial charge in [0.15, 0.2) is 0 Å². The molecule has 0 saturated carbocycles. The fourth-order valence-electron chi connectivity index (χ4n) is 2.96. The minimum absolute atomic E-state index is 0.109. The van der Waals surface area contributed by atoms with Gasteiger partial charge in [-0.15, -0.1) is 0 Å². The van der Waals surface area contributed by atoms with Crippen molar-refractivity contribution in [2.45, 2.75) is 6.54 Å². The molecule has 3 N–H and O–H groups in total. The van der Waals surface area contributed by atoms with Crippen molar-refractivity contribution in [2.24, 2.45) is 5.10 Å². The Morgan fingerprint density at radius 3 is 2.61 bits per heavy atom. The van der Waals surface area contributed by atoms with Gasteiger partial charge >= 0.3 is 0 Å². The number of hydrogen-bond acceptors (Lipinski definition) is 7. The molecule has 3 rings (SSSR count). The van der Waals surface area contributed by atoms with Gasteiger partial charge in [-0.1, -0.05) is 0 Å². The Labute approximate surface area is 163 Å². The van der Waals surface area contributed by atoms with Gasteiger partial charge in [0.25, 0.3) is 5.91 Å². The molecule has 2 aromatic rings. The number of carbonyl (C=O) groups is 1. The number of benzene rings is 2. The van der Waals surface area contributed by atoms with E-state index in [9.17, 15) is 15.0 Å². The number of nitrogens with one attached hydrogen (secondary N) is 1. The summed E-state index contributed by atoms with van der Waals surface area (Å²) in [5.41, 5.74) is 4.32. The third-order valence-corrected chi connectivity index (χ3v) is 4.35. The number of phenols is 2. The Morgan fingerprint density at radius 2 is 1.93 bits per heavy atom. The second kappa shape index (κ2) is 9.20. The van der Waals surface area contributed by atoms with Crippen molar-refractivity contribution in [3.8, 4) is 17.2 Å². The molecule has 1 aliphatic heterocycles. The van der Waals surface area contributed by atoms with E-state index in [0.29, 0.717) is 0 Å². The fourth-order valence-corrected chi connectivity index (χ4v) is 2.96. The molecule has 28 heavy (non-hydrogen) atoms. The second-order valence-corrected chi connectivity index (χ2v) is 6.40. The lowest BCUT2D eigenvalue weighted by Gasteiger charge is -2.27. The number of amides is 1. The Kier molecular flexibility index (Phi) is 6.46. The molecule has 0 aromatic heterocycles. The first-order valence-electron chi connectivity index (χ1n) is 8.88. The Bertz CT molecular complexity index is 843. The third kappa shape index (κ3) is 5.21. The van der Waals surface area contributed by atoms with Gasteiger partial charge in [0.1, 0.15) is 17.2 Å². The predicted octanol–water partition coefficient (Wildman–Crippen LogP) is 1.70. The molecule has 8 nitrogen and oxygen atoms in total. The monoisotopic (exact) mass is 385 g/mol. The molecule has 0 unspecified atom stereocenters. The average molecular weight is 385 g/mol. The molecule has 0 atom stereocenters. The number of methoxy groups -OCH3 is 1. The van der Waals surface area contributed by atoms with Gasteiger partial charge in [0.05, 0.1) is 26.5 Å². The summed E-state index contributed by atoms with van der Waals surface area (Å²) in [5, 5.41) is 22.9. The van der Waals surface area contributed by atoms with E-state index in [-0.39, 0.29) is 17.1 Å². The number of hydrogen-bond donors (Lipinski definition) is 3. The van der Waals surface area contributed by atoms with E-state index in [0.717, 1.165) is 55.8 Å². The molecule has 8 heteroatoms. The molecule has 0 spiro atoms. The van der Waals surface area contributed by atoms with Crippen molar-refractivity contribution in [3.63, 3.8) is 0 Å². The van der Waals surface area contributed by atoms with Crippen LogP contribution in [0.4, 0.5) is 0 Å². The maximum Gasteiger partial charge on any atom is 0.271 e. The van der Waals surface area contributed by atoms with E-state index in [4.69, 9.17) is 9.47 Å². The second-order valence-electron chi connectivity index (χ2n) is 6.40. The van der Waals surface area contributed by atoms with E-state index in [1.54, 1.807) is 7.11 Å². The Morgan fingerprint density at radius 1 is 1.21 bits per heavy atom. The first kappa shape index (κ1) is 19.7. The summed E-state index contributed by atoms with van der Waals surface area (Å²) in [6.07, 6.45) is 1.53. The molecule has 0 aliphatic carbocycles. The van der Waals surface area contributed by atoms with Crippen molar-refractivity contribution in [1.82, 2.24) is 10.3 Å². The number of rotatable bonds is 6. The molecule has 1 amide bonds. The number of morpholine rings is 1. The summed E-state index contributed by atoms with van der Waals surface area (Å²) in [6.45, 7) is 3.92. The van der Waals surface area contributed by atoms with Gasteiger partial charge < -0.3 is 19.7 Å². The highest BCUT2D eigenvalue weighted by molar-refractivity contribution is 5.95. The highest BCUT2D eigenvalue weighted by atomic mass is 16.5. The zero-order valence-corrected chi connectivity index (χ0v) is 15.6. The number of nitrogens with zero attached hydrogens (tertiary/aromatic N) is 2. The Balaban J connectivity index is 1.67. The Hall–Kier alpha value is -3.10. The summed E-state index contributed by atoms with van der Waals surface area (Å²) >= 11 is 0. The summed E-state index contributed by atoms with van der Waals surface area (Å²) < 4.78 is 10.8. The summed E-state index contributed by atoms with van der Waals surface area (Å²) in [7, 11) is 1.64. The van der Waals surface area contributed by atoms with Gasteiger partial charge in [-0.25, -0.2) is 5.43 Å². The first-order chi connectivity index (χ1) is 13.5. The molecule has 148 valence electrons. The van der Waals surface area contributed by atoms with Gasteiger partial charge in [0.2, 0.25) is 0 Å². The van der Waals surface area contributed by atoms with Crippen LogP contribution in [0.25, 0.3) is 0 Å². The lowest BCUT2D eigenvalue weighted by Crippen LogP contribution is -2.35. The molecule has 1 heterocycles. The van der Waals surface area contributed by atoms with Crippen molar-refractivity contribution in [3.05, 3.63) is 53.1 Å². The highest BCUT2D eigenvalue weighted by Gasteiger charge is 2.14. The lowest BCUT2D eigenvalue weighted by molar-refractivity contribution is 0.0339. The number of carbonyl (C=O) groups excluding carboxylic acids is 1. The van der Waals surface area contributed by atoms with Crippen LogP contribution in [0.3, 0.4) is 0 Å². The van der Waals surface area contributed by atoms with Crippen molar-refractivity contribution < 1.29 is 24.5 Å². The minimum Gasteiger partial charge on any atom is -0.508 e. The van der Waals surface area contributed by atoms with Gasteiger partial charge in [-0.3, -0.25) is 9.69 Å². The fraction of sp³-hybridized carbons (Fsp3) is 0.300. The molecule has 1 saturated heterocycles. The summed E-state index contributed by atoms with van der Waals surface area (Å²) in [5.74, 6) is -0.138. The molecular formula is C20H23N3O5. The van der Waals surface area contributed by atoms with Gasteiger partial charge in [0, 0.05) is 36.8 Å². The molecular weight excluding hydrogens is 362 g/mol. The SMILES string of the molecule is COc1ccc(/C=N/NC(=O)c2cc(O)cc(O)c2)cc1CN1CCOCC1. The van der Waals surface area contributed by atoms with Crippen LogP contribution in [0.15, 0.2) is 41.5 Å². The van der Waals surface area contributed by atoms with Crippen molar-refractivity contribution in [1.29, 1.82) is 0 Å². The third-order valence-electron chi connectivity index (χ3n) is 4.35. The quantitative estimate of drug-likeness (QED) is 0.517. The van der Waals surface area contributed by atoms with Gasteiger partial charge in [-0.2, -0.15) is 5.10 Å². The normalized spacial score (nSPS) is 14.9. The first-order valence-corrected chi connectivity index (χ1v) is 8.88. The van der Waals surface area contributed by atoms with Crippen LogP contribution in [0.1, 0.15) is 21.5 Å². The van der Waals surface area contributed by atoms with E-state index >= 15 is 0 Å². The van der Waals surface area contributed by atoms with E-state index < -0.39 is 5.91 Å². The molecule has 0 bridgehead atoms. The van der Waals surface area contributed by atoms with E-state index in [1.165, 1.54) is 18.3 Å². The average Bonchev–Trinajstić information content (AvgIpc) is 2.68. The van der Waals surface area contributed by atoms with Crippen LogP contribution in [0.5, 0.6) is 17.2 Å². The van der Waals surface area contributed by atoms with E-state index in [2.05, 4.69) is 15.4 Å². The molecule has 0 radical (unpaired) electrons. The minimum atomic E-state index is -0.537. The summed E-state index contributed by atoms with van der Waals surface area (Å²) in [6, 6.07) is 9.32. The van der Waals surface area contributed by atoms with Gasteiger partial charge in [-0.05, 0) is 35.9 Å². The largest absolute Gasteiger partial charge is 0.508 e. The van der Waals surface area contributed by atoms with Crippen LogP contribution in [-0.4, -0.2) is 60.6 Å². The highest BCUT2D eigenvalue weighted by Crippen LogP contribution is 2.22. The standard InChI is InChI=1S/C20H23N3O5/c1-27-19-3-2-14(8-16(19)13-23-4-6-28-7-5-23)12-21-22-20(26)15-9-17(24)11-18(25)10-15/h2-3,8-12,24-25H,4-7,13H2,1H3,(H,22,26)/b21-12+. The van der Waals surface area contributed by atoms with Crippen LogP contribution in [0, 0.1) is 0 Å². The van der Waals surface area contributed by atoms with Crippen LogP contribution < -0.4 is 10.2 Å². The predicted molar refractivity (Wildman–Crippen MR) is 104 cm³/mol. The number of phenolic OH excluding ortho intramolecular Hbond substituents is 2. The van der Waals surface area contributed by atoms with Crippen LogP contribution >= 0.6 is 0 Å². The van der Waals surface area contributed by atoms with Crippen LogP contribution in [-0.2, 0) is 11.3 Å². The maximum atomic E-state index is 12.1. The van der Waals surface area contributed by atoms with Crippen molar-refractivity contribution >= 4 is 12.1 Å². The number of aromatic hydroxyl groups is 2. The summed E-state index contributed by atoms with van der Waals surface area (Å²) in [4.78, 5) is 14.4. The molecule has 1 fully saturated rings. The topological polar surface area (TPSA) is 104 Å². The molecule has 2 aromatic carbocycles. The smallest absolute Gasteiger partial charge is 0.271 e. The zero-order valence-electron chi connectivity index (χ0n) is 15.6. The lowest BCUT2D eigenvalue weighted by atomic mass is 10.1.